The van der Waals surface area contributed by atoms with Crippen molar-refractivity contribution in [3.63, 3.8) is 0 Å². The SMILES string of the molecule is N=C(C1=C(O)c2ccccc2S1=O)c1ccc(Cl)cc1. The molecule has 100 valence electrons. The van der Waals surface area contributed by atoms with Gasteiger partial charge in [0.25, 0.3) is 0 Å². The minimum atomic E-state index is -1.53. The first kappa shape index (κ1) is 13.1. The maximum absolute atomic E-state index is 12.4. The average Bonchev–Trinajstić information content (AvgIpc) is 2.72. The van der Waals surface area contributed by atoms with Gasteiger partial charge in [-0.2, -0.15) is 0 Å². The molecule has 2 aromatic rings. The Kier molecular flexibility index (Phi) is 3.20. The van der Waals surface area contributed by atoms with Crippen molar-refractivity contribution in [2.45, 2.75) is 4.90 Å². The van der Waals surface area contributed by atoms with E-state index in [0.29, 0.717) is 21.0 Å². The normalized spacial score (nSPS) is 17.1. The molecule has 1 heterocycles. The Morgan fingerprint density at radius 1 is 1.10 bits per heavy atom. The van der Waals surface area contributed by atoms with Crippen LogP contribution >= 0.6 is 11.6 Å². The fourth-order valence-electron chi connectivity index (χ4n) is 2.10. The largest absolute Gasteiger partial charge is 0.506 e. The second kappa shape index (κ2) is 4.89. The molecule has 0 radical (unpaired) electrons. The van der Waals surface area contributed by atoms with Crippen molar-refractivity contribution in [2.75, 3.05) is 0 Å². The van der Waals surface area contributed by atoms with E-state index in [4.69, 9.17) is 17.0 Å². The van der Waals surface area contributed by atoms with Gasteiger partial charge in [-0.05, 0) is 24.3 Å². The number of hydrogen-bond donors (Lipinski definition) is 2. The first-order valence-electron chi connectivity index (χ1n) is 5.89. The molecule has 0 amide bonds. The van der Waals surface area contributed by atoms with Crippen LogP contribution in [0.25, 0.3) is 5.76 Å². The van der Waals surface area contributed by atoms with Crippen LogP contribution in [0.15, 0.2) is 58.3 Å². The third-order valence-corrected chi connectivity index (χ3v) is 4.88. The molecule has 0 fully saturated rings. The van der Waals surface area contributed by atoms with E-state index < -0.39 is 10.8 Å². The van der Waals surface area contributed by atoms with Gasteiger partial charge in [0, 0.05) is 16.1 Å². The molecular weight excluding hydrogens is 294 g/mol. The summed E-state index contributed by atoms with van der Waals surface area (Å²) in [7, 11) is -1.53. The van der Waals surface area contributed by atoms with Crippen molar-refractivity contribution in [3.05, 3.63) is 69.6 Å². The fourth-order valence-corrected chi connectivity index (χ4v) is 3.60. The summed E-state index contributed by atoms with van der Waals surface area (Å²) in [5.41, 5.74) is 1.14. The Balaban J connectivity index is 2.08. The fraction of sp³-hybridized carbons (Fsp3) is 0. The number of nitrogens with one attached hydrogen (secondary N) is 1. The smallest absolute Gasteiger partial charge is 0.142 e. The van der Waals surface area contributed by atoms with Gasteiger partial charge >= 0.3 is 0 Å². The summed E-state index contributed by atoms with van der Waals surface area (Å²) in [6, 6.07) is 13.6. The maximum atomic E-state index is 12.4. The molecule has 3 rings (SSSR count). The van der Waals surface area contributed by atoms with Crippen molar-refractivity contribution in [3.8, 4) is 0 Å². The lowest BCUT2D eigenvalue weighted by Crippen LogP contribution is -2.07. The van der Waals surface area contributed by atoms with Crippen molar-refractivity contribution in [2.24, 2.45) is 0 Å². The lowest BCUT2D eigenvalue weighted by Gasteiger charge is -2.05. The van der Waals surface area contributed by atoms with Crippen LogP contribution in [0.5, 0.6) is 0 Å². The predicted octanol–water partition coefficient (Wildman–Crippen LogP) is 3.76. The van der Waals surface area contributed by atoms with Gasteiger partial charge < -0.3 is 5.11 Å². The van der Waals surface area contributed by atoms with Crippen LogP contribution in [-0.4, -0.2) is 15.0 Å². The van der Waals surface area contributed by atoms with E-state index in [9.17, 15) is 9.32 Å². The molecule has 1 aliphatic rings. The second-order valence-corrected chi connectivity index (χ2v) is 6.15. The molecule has 0 aromatic heterocycles. The van der Waals surface area contributed by atoms with Crippen LogP contribution in [0.3, 0.4) is 0 Å². The zero-order valence-electron chi connectivity index (χ0n) is 10.3. The first-order valence-corrected chi connectivity index (χ1v) is 7.41. The van der Waals surface area contributed by atoms with Crippen LogP contribution < -0.4 is 0 Å². The van der Waals surface area contributed by atoms with E-state index >= 15 is 0 Å². The van der Waals surface area contributed by atoms with Gasteiger partial charge in [-0.25, -0.2) is 4.21 Å². The zero-order chi connectivity index (χ0) is 14.3. The number of fused-ring (bicyclic) bond motifs is 1. The summed E-state index contributed by atoms with van der Waals surface area (Å²) in [4.78, 5) is 0.687. The van der Waals surface area contributed by atoms with Crippen LogP contribution in [0, 0.1) is 5.41 Å². The van der Waals surface area contributed by atoms with Gasteiger partial charge in [0.15, 0.2) is 0 Å². The molecule has 0 bridgehead atoms. The van der Waals surface area contributed by atoms with Gasteiger partial charge in [-0.1, -0.05) is 35.9 Å². The number of hydrogen-bond acceptors (Lipinski definition) is 3. The molecule has 20 heavy (non-hydrogen) atoms. The molecule has 2 N–H and O–H groups in total. The van der Waals surface area contributed by atoms with Crippen molar-refractivity contribution >= 4 is 33.9 Å². The minimum Gasteiger partial charge on any atom is -0.506 e. The number of rotatable bonds is 2. The molecule has 0 spiro atoms. The standard InChI is InChI=1S/C15H10ClNO2S/c16-10-7-5-9(6-8-10)13(17)15-14(18)11-3-1-2-4-12(11)20(15)19/h1-8,17-18H. The molecular formula is C15H10ClNO2S. The highest BCUT2D eigenvalue weighted by Gasteiger charge is 2.31. The van der Waals surface area contributed by atoms with Gasteiger partial charge in [-0.15, -0.1) is 0 Å². The summed E-state index contributed by atoms with van der Waals surface area (Å²) >= 11 is 5.81. The van der Waals surface area contributed by atoms with Crippen LogP contribution in [0.2, 0.25) is 5.02 Å². The monoisotopic (exact) mass is 303 g/mol. The summed E-state index contributed by atoms with van der Waals surface area (Å²) in [5.74, 6) is -0.0844. The number of halogens is 1. The highest BCUT2D eigenvalue weighted by atomic mass is 35.5. The summed E-state index contributed by atoms with van der Waals surface area (Å²) in [6.07, 6.45) is 0. The van der Waals surface area contributed by atoms with Gasteiger partial charge in [0.2, 0.25) is 0 Å². The summed E-state index contributed by atoms with van der Waals surface area (Å²) in [5, 5.41) is 19.0. The molecule has 5 heteroatoms. The van der Waals surface area contributed by atoms with Crippen LogP contribution in [0.4, 0.5) is 0 Å². The highest BCUT2D eigenvalue weighted by molar-refractivity contribution is 7.90. The minimum absolute atomic E-state index is 0.0497. The van der Waals surface area contributed by atoms with Gasteiger partial charge in [0.05, 0.1) is 21.4 Å². The molecule has 0 aliphatic carbocycles. The zero-order valence-corrected chi connectivity index (χ0v) is 11.8. The number of aliphatic hydroxyl groups is 1. The highest BCUT2D eigenvalue weighted by Crippen LogP contribution is 2.36. The number of benzene rings is 2. The first-order chi connectivity index (χ1) is 9.59. The Hall–Kier alpha value is -1.91. The third kappa shape index (κ3) is 1.97. The van der Waals surface area contributed by atoms with E-state index in [2.05, 4.69) is 0 Å². The van der Waals surface area contributed by atoms with Crippen molar-refractivity contribution in [1.82, 2.24) is 0 Å². The molecule has 1 aliphatic heterocycles. The molecule has 1 atom stereocenters. The number of allylic oxidation sites excluding steroid dienone is 1. The lowest BCUT2D eigenvalue weighted by molar-refractivity contribution is 0.511. The Morgan fingerprint density at radius 3 is 2.40 bits per heavy atom. The van der Waals surface area contributed by atoms with Crippen LogP contribution in [-0.2, 0) is 10.8 Å². The summed E-state index contributed by atoms with van der Waals surface area (Å²) in [6.45, 7) is 0. The molecule has 1 unspecified atom stereocenters. The van der Waals surface area contributed by atoms with Gasteiger partial charge in [-0.3, -0.25) is 5.41 Å². The van der Waals surface area contributed by atoms with E-state index in [-0.39, 0.29) is 16.4 Å². The van der Waals surface area contributed by atoms with E-state index in [1.54, 1.807) is 48.5 Å². The average molecular weight is 304 g/mol. The topological polar surface area (TPSA) is 61.1 Å². The Labute approximate surface area is 123 Å². The van der Waals surface area contributed by atoms with Crippen molar-refractivity contribution in [1.29, 1.82) is 5.41 Å². The third-order valence-electron chi connectivity index (χ3n) is 3.10. The summed E-state index contributed by atoms with van der Waals surface area (Å²) < 4.78 is 12.4. The maximum Gasteiger partial charge on any atom is 0.142 e. The van der Waals surface area contributed by atoms with E-state index in [1.165, 1.54) is 0 Å². The second-order valence-electron chi connectivity index (χ2n) is 4.32. The van der Waals surface area contributed by atoms with E-state index in [0.717, 1.165) is 0 Å². The van der Waals surface area contributed by atoms with Crippen molar-refractivity contribution < 1.29 is 9.32 Å². The molecule has 0 saturated carbocycles. The predicted molar refractivity (Wildman–Crippen MR) is 80.7 cm³/mol. The molecule has 2 aromatic carbocycles. The van der Waals surface area contributed by atoms with E-state index in [1.807, 2.05) is 0 Å². The molecule has 3 nitrogen and oxygen atoms in total. The number of aliphatic hydroxyl groups excluding tert-OH is 1. The molecule has 0 saturated heterocycles. The lowest BCUT2D eigenvalue weighted by atomic mass is 10.1. The quantitative estimate of drug-likeness (QED) is 0.830. The van der Waals surface area contributed by atoms with Crippen LogP contribution in [0.1, 0.15) is 11.1 Å². The van der Waals surface area contributed by atoms with Gasteiger partial charge in [0.1, 0.15) is 10.7 Å². The Bertz CT molecular complexity index is 766. The Morgan fingerprint density at radius 2 is 1.75 bits per heavy atom.